The Hall–Kier alpha value is -1.22. The minimum absolute atomic E-state index is 0.199. The van der Waals surface area contributed by atoms with Crippen LogP contribution < -0.4 is 0 Å². The predicted molar refractivity (Wildman–Crippen MR) is 102 cm³/mol. The van der Waals surface area contributed by atoms with Crippen molar-refractivity contribution in [3.05, 3.63) is 69.7 Å². The smallest absolute Gasteiger partial charge is 0.186 e. The molecule has 4 rings (SSSR count). The molecule has 8 heteroatoms. The minimum Gasteiger partial charge on any atom is -0.394 e. The van der Waals surface area contributed by atoms with Gasteiger partial charge >= 0.3 is 0 Å². The van der Waals surface area contributed by atoms with Gasteiger partial charge in [-0.3, -0.25) is 0 Å². The fourth-order valence-electron chi connectivity index (χ4n) is 3.40. The lowest BCUT2D eigenvalue weighted by molar-refractivity contribution is -0.310. The molecule has 2 saturated heterocycles. The molecule has 0 spiro atoms. The normalized spacial score (nSPS) is 33.1. The number of benzene rings is 2. The van der Waals surface area contributed by atoms with Crippen LogP contribution in [0.2, 0.25) is 10.0 Å². The van der Waals surface area contributed by atoms with Crippen LogP contribution in [0.4, 0.5) is 0 Å². The Morgan fingerprint density at radius 1 is 0.857 bits per heavy atom. The summed E-state index contributed by atoms with van der Waals surface area (Å²) in [7, 11) is 0. The van der Waals surface area contributed by atoms with E-state index >= 15 is 0 Å². The van der Waals surface area contributed by atoms with Gasteiger partial charge < -0.3 is 29.2 Å². The zero-order valence-electron chi connectivity index (χ0n) is 14.8. The van der Waals surface area contributed by atoms with Gasteiger partial charge in [0.15, 0.2) is 12.6 Å². The van der Waals surface area contributed by atoms with Gasteiger partial charge in [0.1, 0.15) is 24.4 Å². The van der Waals surface area contributed by atoms with E-state index in [0.29, 0.717) is 21.2 Å². The van der Waals surface area contributed by atoms with E-state index < -0.39 is 37.0 Å². The zero-order valence-corrected chi connectivity index (χ0v) is 16.3. The molecule has 0 saturated carbocycles. The highest BCUT2D eigenvalue weighted by Gasteiger charge is 2.46. The summed E-state index contributed by atoms with van der Waals surface area (Å²) in [5.74, 6) is 0. The summed E-state index contributed by atoms with van der Waals surface area (Å²) < 4.78 is 23.4. The molecule has 2 heterocycles. The fraction of sp³-hybridized carbons (Fsp3) is 0.400. The van der Waals surface area contributed by atoms with Gasteiger partial charge in [0.25, 0.3) is 0 Å². The van der Waals surface area contributed by atoms with E-state index in [1.165, 1.54) is 0 Å². The Morgan fingerprint density at radius 3 is 2.07 bits per heavy atom. The van der Waals surface area contributed by atoms with Crippen molar-refractivity contribution in [3.63, 3.8) is 0 Å². The maximum absolute atomic E-state index is 10.6. The molecule has 6 atom stereocenters. The molecule has 0 aromatic heterocycles. The maximum Gasteiger partial charge on any atom is 0.186 e. The largest absolute Gasteiger partial charge is 0.394 e. The van der Waals surface area contributed by atoms with Crippen molar-refractivity contribution in [1.82, 2.24) is 0 Å². The minimum atomic E-state index is -1.10. The lowest BCUT2D eigenvalue weighted by Gasteiger charge is -2.41. The van der Waals surface area contributed by atoms with Crippen molar-refractivity contribution in [2.75, 3.05) is 13.2 Å². The van der Waals surface area contributed by atoms with Crippen LogP contribution in [0.3, 0.4) is 0 Å². The second-order valence-corrected chi connectivity index (χ2v) is 7.48. The summed E-state index contributed by atoms with van der Waals surface area (Å²) in [6.07, 6.45) is -4.80. The molecule has 2 unspecified atom stereocenters. The highest BCUT2D eigenvalue weighted by atomic mass is 35.5. The summed E-state index contributed by atoms with van der Waals surface area (Å²) >= 11 is 12.5. The first-order valence-corrected chi connectivity index (χ1v) is 9.70. The third kappa shape index (κ3) is 3.92. The number of ether oxygens (including phenoxy) is 4. The Kier molecular flexibility index (Phi) is 6.20. The first-order valence-electron chi connectivity index (χ1n) is 8.94. The molecule has 2 aliphatic rings. The van der Waals surface area contributed by atoms with Crippen LogP contribution in [-0.2, 0) is 18.9 Å². The Bertz CT molecular complexity index is 819. The van der Waals surface area contributed by atoms with E-state index in [4.69, 9.17) is 42.1 Å². The summed E-state index contributed by atoms with van der Waals surface area (Å²) in [6.45, 7) is -0.172. The number of aliphatic hydroxyl groups is 2. The van der Waals surface area contributed by atoms with Crippen LogP contribution in [0.25, 0.3) is 0 Å². The lowest BCUT2D eigenvalue weighted by Crippen LogP contribution is -2.54. The molecule has 150 valence electrons. The Labute approximate surface area is 172 Å². The van der Waals surface area contributed by atoms with Crippen LogP contribution >= 0.6 is 23.2 Å². The van der Waals surface area contributed by atoms with Crippen molar-refractivity contribution in [2.24, 2.45) is 0 Å². The molecule has 2 aromatic rings. The van der Waals surface area contributed by atoms with E-state index in [0.717, 1.165) is 0 Å². The lowest BCUT2D eigenvalue weighted by atomic mass is 10.0. The van der Waals surface area contributed by atoms with Gasteiger partial charge in [-0.15, -0.1) is 0 Å². The van der Waals surface area contributed by atoms with Gasteiger partial charge in [0, 0.05) is 21.2 Å². The summed E-state index contributed by atoms with van der Waals surface area (Å²) in [5, 5.41) is 21.3. The molecular weight excluding hydrogens is 407 g/mol. The molecule has 0 radical (unpaired) electrons. The van der Waals surface area contributed by atoms with Crippen molar-refractivity contribution in [1.29, 1.82) is 0 Å². The van der Waals surface area contributed by atoms with Crippen LogP contribution in [-0.4, -0.2) is 47.8 Å². The van der Waals surface area contributed by atoms with Crippen molar-refractivity contribution < 1.29 is 29.2 Å². The number of aliphatic hydroxyl groups excluding tert-OH is 2. The summed E-state index contributed by atoms with van der Waals surface area (Å²) in [6, 6.07) is 14.3. The van der Waals surface area contributed by atoms with E-state index in [1.54, 1.807) is 24.3 Å². The summed E-state index contributed by atoms with van der Waals surface area (Å²) in [4.78, 5) is 0. The molecule has 6 nitrogen and oxygen atoms in total. The fourth-order valence-corrected chi connectivity index (χ4v) is 3.85. The van der Waals surface area contributed by atoms with Gasteiger partial charge in [-0.05, 0) is 12.1 Å². The van der Waals surface area contributed by atoms with E-state index in [-0.39, 0.29) is 13.2 Å². The molecule has 28 heavy (non-hydrogen) atoms. The number of rotatable bonds is 4. The van der Waals surface area contributed by atoms with Gasteiger partial charge in [-0.2, -0.15) is 0 Å². The topological polar surface area (TPSA) is 77.4 Å². The van der Waals surface area contributed by atoms with Crippen molar-refractivity contribution in [3.8, 4) is 0 Å². The van der Waals surface area contributed by atoms with Crippen LogP contribution in [0, 0.1) is 0 Å². The monoisotopic (exact) mass is 426 g/mol. The van der Waals surface area contributed by atoms with Crippen LogP contribution in [0.15, 0.2) is 48.5 Å². The average molecular weight is 427 g/mol. The predicted octanol–water partition coefficient (Wildman–Crippen LogP) is 3.24. The first kappa shape index (κ1) is 20.1. The average Bonchev–Trinajstić information content (AvgIpc) is 3.19. The number of hydrogen-bond donors (Lipinski definition) is 2. The van der Waals surface area contributed by atoms with E-state index in [9.17, 15) is 10.2 Å². The molecule has 2 aromatic carbocycles. The maximum atomic E-state index is 10.6. The standard InChI is InChI=1S/C20H20Cl2O6/c21-13-7-3-1-5-11(13)19-25-10-16(27-19)18-17(24)15(9-23)26-20(28-18)12-6-2-4-8-14(12)22/h1-8,15-20,23-24H,9-10H2/t15-,16+,17+,18+,19?,20?/m1/s1. The van der Waals surface area contributed by atoms with Crippen molar-refractivity contribution >= 4 is 23.2 Å². The van der Waals surface area contributed by atoms with Gasteiger partial charge in [0.05, 0.1) is 13.2 Å². The highest BCUT2D eigenvalue weighted by Crippen LogP contribution is 2.39. The van der Waals surface area contributed by atoms with E-state index in [1.807, 2.05) is 24.3 Å². The molecule has 2 aliphatic heterocycles. The first-order chi connectivity index (χ1) is 13.6. The van der Waals surface area contributed by atoms with Gasteiger partial charge in [-0.25, -0.2) is 0 Å². The third-order valence-corrected chi connectivity index (χ3v) is 5.56. The molecule has 0 aliphatic carbocycles. The molecular formula is C20H20Cl2O6. The van der Waals surface area contributed by atoms with Crippen LogP contribution in [0.1, 0.15) is 23.7 Å². The zero-order chi connectivity index (χ0) is 19.7. The molecule has 0 amide bonds. The molecule has 0 bridgehead atoms. The van der Waals surface area contributed by atoms with Gasteiger partial charge in [-0.1, -0.05) is 59.6 Å². The Morgan fingerprint density at radius 2 is 1.46 bits per heavy atom. The molecule has 2 N–H and O–H groups in total. The third-order valence-electron chi connectivity index (χ3n) is 4.87. The second kappa shape index (κ2) is 8.65. The van der Waals surface area contributed by atoms with Crippen molar-refractivity contribution in [2.45, 2.75) is 37.0 Å². The highest BCUT2D eigenvalue weighted by molar-refractivity contribution is 6.31. The number of hydrogen-bond acceptors (Lipinski definition) is 6. The quantitative estimate of drug-likeness (QED) is 0.781. The van der Waals surface area contributed by atoms with E-state index in [2.05, 4.69) is 0 Å². The molecule has 2 fully saturated rings. The number of halogens is 2. The van der Waals surface area contributed by atoms with Crippen LogP contribution in [0.5, 0.6) is 0 Å². The SMILES string of the molecule is OC[C@H]1OC(c2ccccc2Cl)O[C@@H]([C@@H]2COC(c3ccccc3Cl)O2)[C@H]1O. The van der Waals surface area contributed by atoms with Gasteiger partial charge in [0.2, 0.25) is 0 Å². The Balaban J connectivity index is 1.54. The second-order valence-electron chi connectivity index (χ2n) is 6.66. The summed E-state index contributed by atoms with van der Waals surface area (Å²) in [5.41, 5.74) is 1.32.